The second-order valence-electron chi connectivity index (χ2n) is 5.91. The molecule has 0 saturated heterocycles. The highest BCUT2D eigenvalue weighted by Gasteiger charge is 2.17. The van der Waals surface area contributed by atoms with Crippen LogP contribution in [0.1, 0.15) is 50.1 Å². The van der Waals surface area contributed by atoms with E-state index in [1.165, 1.54) is 0 Å². The number of rotatable bonds is 4. The normalized spacial score (nSPS) is 13.2. The lowest BCUT2D eigenvalue weighted by molar-refractivity contribution is 0.198. The van der Waals surface area contributed by atoms with E-state index in [1.807, 2.05) is 24.3 Å². The van der Waals surface area contributed by atoms with Gasteiger partial charge in [-0.15, -0.1) is 11.3 Å². The SMILES string of the molecule is CC(O)c1cccc(OCc2nc(C(C)(C)C)cs2)c1. The van der Waals surface area contributed by atoms with Crippen molar-refractivity contribution in [2.45, 2.75) is 45.8 Å². The Labute approximate surface area is 124 Å². The third-order valence-electron chi connectivity index (χ3n) is 3.02. The lowest BCUT2D eigenvalue weighted by Crippen LogP contribution is -2.11. The third-order valence-corrected chi connectivity index (χ3v) is 3.85. The van der Waals surface area contributed by atoms with Gasteiger partial charge in [-0.1, -0.05) is 32.9 Å². The maximum atomic E-state index is 9.56. The van der Waals surface area contributed by atoms with Crippen molar-refractivity contribution in [3.8, 4) is 5.75 Å². The summed E-state index contributed by atoms with van der Waals surface area (Å²) in [4.78, 5) is 4.60. The van der Waals surface area contributed by atoms with Crippen LogP contribution in [0.3, 0.4) is 0 Å². The Morgan fingerprint density at radius 2 is 2.10 bits per heavy atom. The molecule has 108 valence electrons. The number of aromatic nitrogens is 1. The summed E-state index contributed by atoms with van der Waals surface area (Å²) in [7, 11) is 0. The minimum atomic E-state index is -0.481. The third kappa shape index (κ3) is 3.81. The summed E-state index contributed by atoms with van der Waals surface area (Å²) in [6.45, 7) is 8.66. The average Bonchev–Trinajstić information content (AvgIpc) is 2.85. The van der Waals surface area contributed by atoms with Gasteiger partial charge in [-0.25, -0.2) is 4.98 Å². The first-order chi connectivity index (χ1) is 9.36. The molecule has 1 unspecified atom stereocenters. The molecule has 1 aromatic carbocycles. The van der Waals surface area contributed by atoms with Crippen LogP contribution in [0.5, 0.6) is 5.75 Å². The van der Waals surface area contributed by atoms with Crippen LogP contribution in [0.2, 0.25) is 0 Å². The number of benzene rings is 1. The van der Waals surface area contributed by atoms with Crippen molar-refractivity contribution in [1.29, 1.82) is 0 Å². The number of aliphatic hydroxyl groups excluding tert-OH is 1. The zero-order valence-corrected chi connectivity index (χ0v) is 13.2. The molecule has 0 fully saturated rings. The van der Waals surface area contributed by atoms with E-state index in [0.29, 0.717) is 6.61 Å². The van der Waals surface area contributed by atoms with E-state index in [9.17, 15) is 5.11 Å². The molecular weight excluding hydrogens is 270 g/mol. The van der Waals surface area contributed by atoms with Gasteiger partial charge in [0.15, 0.2) is 0 Å². The topological polar surface area (TPSA) is 42.4 Å². The van der Waals surface area contributed by atoms with Crippen molar-refractivity contribution >= 4 is 11.3 Å². The quantitative estimate of drug-likeness (QED) is 0.923. The second kappa shape index (κ2) is 5.94. The summed E-state index contributed by atoms with van der Waals surface area (Å²) in [6, 6.07) is 7.53. The number of aliphatic hydroxyl groups is 1. The molecule has 0 radical (unpaired) electrons. The largest absolute Gasteiger partial charge is 0.486 e. The molecule has 4 heteroatoms. The molecule has 0 aliphatic heterocycles. The smallest absolute Gasteiger partial charge is 0.140 e. The van der Waals surface area contributed by atoms with Gasteiger partial charge in [0.2, 0.25) is 0 Å². The van der Waals surface area contributed by atoms with Gasteiger partial charge in [-0.05, 0) is 24.6 Å². The zero-order valence-electron chi connectivity index (χ0n) is 12.4. The zero-order chi connectivity index (χ0) is 14.8. The molecule has 0 bridgehead atoms. The highest BCUT2D eigenvalue weighted by atomic mass is 32.1. The minimum Gasteiger partial charge on any atom is -0.486 e. The summed E-state index contributed by atoms with van der Waals surface area (Å²) in [5.41, 5.74) is 2.02. The van der Waals surface area contributed by atoms with Gasteiger partial charge >= 0.3 is 0 Å². The molecule has 0 spiro atoms. The van der Waals surface area contributed by atoms with Crippen molar-refractivity contribution in [3.63, 3.8) is 0 Å². The fourth-order valence-electron chi connectivity index (χ4n) is 1.73. The average molecular weight is 291 g/mol. The predicted octanol–water partition coefficient (Wildman–Crippen LogP) is 4.07. The molecule has 0 saturated carbocycles. The number of thiazole rings is 1. The van der Waals surface area contributed by atoms with Gasteiger partial charge < -0.3 is 9.84 Å². The summed E-state index contributed by atoms with van der Waals surface area (Å²) in [6.07, 6.45) is -0.481. The Bertz CT molecular complexity index is 570. The first-order valence-corrected chi connectivity index (χ1v) is 7.60. The molecule has 2 rings (SSSR count). The van der Waals surface area contributed by atoms with Gasteiger partial charge in [0, 0.05) is 10.8 Å². The van der Waals surface area contributed by atoms with Crippen molar-refractivity contribution in [2.24, 2.45) is 0 Å². The monoisotopic (exact) mass is 291 g/mol. The summed E-state index contributed by atoms with van der Waals surface area (Å²) in [5, 5.41) is 12.6. The van der Waals surface area contributed by atoms with E-state index in [1.54, 1.807) is 18.3 Å². The van der Waals surface area contributed by atoms with Crippen LogP contribution in [0.25, 0.3) is 0 Å². The van der Waals surface area contributed by atoms with Gasteiger partial charge in [-0.2, -0.15) is 0 Å². The number of hydrogen-bond acceptors (Lipinski definition) is 4. The highest BCUT2D eigenvalue weighted by molar-refractivity contribution is 7.09. The first-order valence-electron chi connectivity index (χ1n) is 6.72. The van der Waals surface area contributed by atoms with Crippen LogP contribution < -0.4 is 4.74 Å². The van der Waals surface area contributed by atoms with Crippen LogP contribution in [-0.4, -0.2) is 10.1 Å². The van der Waals surface area contributed by atoms with Crippen LogP contribution in [-0.2, 0) is 12.0 Å². The summed E-state index contributed by atoms with van der Waals surface area (Å²) < 4.78 is 5.75. The van der Waals surface area contributed by atoms with E-state index in [4.69, 9.17) is 4.74 Å². The molecule has 1 atom stereocenters. The summed E-state index contributed by atoms with van der Waals surface area (Å²) in [5.74, 6) is 0.760. The van der Waals surface area contributed by atoms with Crippen LogP contribution in [0.4, 0.5) is 0 Å². The second-order valence-corrected chi connectivity index (χ2v) is 6.86. The Balaban J connectivity index is 2.02. The Hall–Kier alpha value is -1.39. The van der Waals surface area contributed by atoms with Crippen LogP contribution in [0, 0.1) is 0 Å². The Kier molecular flexibility index (Phi) is 4.45. The van der Waals surface area contributed by atoms with Crippen molar-refractivity contribution in [3.05, 3.63) is 45.9 Å². The van der Waals surface area contributed by atoms with Crippen molar-refractivity contribution in [1.82, 2.24) is 4.98 Å². The van der Waals surface area contributed by atoms with Gasteiger partial charge in [-0.3, -0.25) is 0 Å². The fraction of sp³-hybridized carbons (Fsp3) is 0.438. The molecular formula is C16H21NO2S. The molecule has 1 heterocycles. The number of nitrogens with zero attached hydrogens (tertiary/aromatic N) is 1. The molecule has 1 N–H and O–H groups in total. The maximum absolute atomic E-state index is 9.56. The van der Waals surface area contributed by atoms with E-state index >= 15 is 0 Å². The Morgan fingerprint density at radius 1 is 1.35 bits per heavy atom. The maximum Gasteiger partial charge on any atom is 0.140 e. The number of ether oxygens (including phenoxy) is 1. The van der Waals surface area contributed by atoms with E-state index in [2.05, 4.69) is 31.1 Å². The predicted molar refractivity (Wildman–Crippen MR) is 82.2 cm³/mol. The molecule has 3 nitrogen and oxygen atoms in total. The number of hydrogen-bond donors (Lipinski definition) is 1. The molecule has 1 aromatic heterocycles. The lowest BCUT2D eigenvalue weighted by Gasteiger charge is -2.14. The lowest BCUT2D eigenvalue weighted by atomic mass is 9.93. The van der Waals surface area contributed by atoms with E-state index in [0.717, 1.165) is 22.0 Å². The van der Waals surface area contributed by atoms with Gasteiger partial charge in [0.25, 0.3) is 0 Å². The molecule has 0 amide bonds. The van der Waals surface area contributed by atoms with Crippen LogP contribution in [0.15, 0.2) is 29.6 Å². The van der Waals surface area contributed by atoms with E-state index < -0.39 is 6.10 Å². The van der Waals surface area contributed by atoms with Crippen molar-refractivity contribution in [2.75, 3.05) is 0 Å². The van der Waals surface area contributed by atoms with Gasteiger partial charge in [0.05, 0.1) is 11.8 Å². The Morgan fingerprint density at radius 3 is 2.70 bits per heavy atom. The molecule has 0 aliphatic rings. The van der Waals surface area contributed by atoms with E-state index in [-0.39, 0.29) is 5.41 Å². The molecule has 0 aliphatic carbocycles. The molecule has 20 heavy (non-hydrogen) atoms. The first kappa shape index (κ1) is 15.0. The van der Waals surface area contributed by atoms with Crippen molar-refractivity contribution < 1.29 is 9.84 Å². The minimum absolute atomic E-state index is 0.0704. The summed E-state index contributed by atoms with van der Waals surface area (Å²) >= 11 is 1.62. The highest BCUT2D eigenvalue weighted by Crippen LogP contribution is 2.25. The standard InChI is InChI=1S/C16H21NO2S/c1-11(18)12-6-5-7-13(8-12)19-9-15-17-14(10-20-15)16(2,3)4/h5-8,10-11,18H,9H2,1-4H3. The fourth-order valence-corrected chi connectivity index (χ4v) is 2.66. The van der Waals surface area contributed by atoms with Gasteiger partial charge in [0.1, 0.15) is 17.4 Å². The molecule has 2 aromatic rings. The van der Waals surface area contributed by atoms with Crippen LogP contribution >= 0.6 is 11.3 Å².